The molecule has 0 atom stereocenters. The Morgan fingerprint density at radius 2 is 1.90 bits per heavy atom. The number of benzene rings is 2. The molecule has 0 radical (unpaired) electrons. The number of aromatic nitrogens is 4. The number of aryl methyl sites for hydroxylation is 2. The molecule has 0 spiro atoms. The van der Waals surface area contributed by atoms with Crippen molar-refractivity contribution in [1.29, 1.82) is 0 Å². The third kappa shape index (κ3) is 4.35. The minimum atomic E-state index is 0.0308. The second-order valence-electron chi connectivity index (χ2n) is 7.06. The van der Waals surface area contributed by atoms with Crippen LogP contribution in [0.25, 0.3) is 10.9 Å². The van der Waals surface area contributed by atoms with Gasteiger partial charge in [-0.1, -0.05) is 35.5 Å². The average Bonchev–Trinajstić information content (AvgIpc) is 3.05. The standard InChI is InChI=1S/C22H22N4O2S/c1-14-5-4-6-17(9-14)28-12-21-24-25-22(26(21)3)29-13-16-11-20(27)18-10-15(2)7-8-19(18)23-16/h4-11H,12-13H2,1-3H3,(H,23,27). The number of H-pyrrole nitrogens is 1. The number of thioether (sulfide) groups is 1. The van der Waals surface area contributed by atoms with Gasteiger partial charge in [0.05, 0.1) is 0 Å². The van der Waals surface area contributed by atoms with Crippen LogP contribution in [-0.4, -0.2) is 19.7 Å². The molecule has 0 unspecified atom stereocenters. The first-order valence-electron chi connectivity index (χ1n) is 9.33. The molecule has 0 fully saturated rings. The number of pyridine rings is 1. The van der Waals surface area contributed by atoms with Gasteiger partial charge in [0, 0.05) is 35.5 Å². The lowest BCUT2D eigenvalue weighted by Gasteiger charge is -2.07. The van der Waals surface area contributed by atoms with Crippen molar-refractivity contribution in [2.45, 2.75) is 31.4 Å². The lowest BCUT2D eigenvalue weighted by molar-refractivity contribution is 0.290. The fourth-order valence-corrected chi connectivity index (χ4v) is 3.92. The lowest BCUT2D eigenvalue weighted by atomic mass is 10.1. The quantitative estimate of drug-likeness (QED) is 0.487. The van der Waals surface area contributed by atoms with E-state index >= 15 is 0 Å². The molecule has 0 aliphatic carbocycles. The molecule has 6 nitrogen and oxygen atoms in total. The highest BCUT2D eigenvalue weighted by Crippen LogP contribution is 2.22. The number of nitrogens with zero attached hydrogens (tertiary/aromatic N) is 3. The van der Waals surface area contributed by atoms with Gasteiger partial charge >= 0.3 is 0 Å². The van der Waals surface area contributed by atoms with Crippen molar-refractivity contribution >= 4 is 22.7 Å². The van der Waals surface area contributed by atoms with Crippen LogP contribution in [0.15, 0.2) is 58.5 Å². The Balaban J connectivity index is 1.45. The van der Waals surface area contributed by atoms with Crippen molar-refractivity contribution in [3.8, 4) is 5.75 Å². The maximum absolute atomic E-state index is 12.4. The maximum atomic E-state index is 12.4. The molecule has 4 rings (SSSR count). The molecule has 2 aromatic carbocycles. The van der Waals surface area contributed by atoms with Crippen LogP contribution in [0.4, 0.5) is 0 Å². The molecule has 0 aliphatic rings. The SMILES string of the molecule is Cc1cccc(OCc2nnc(SCc3cc(=O)c4cc(C)ccc4[nH]3)n2C)c1. The van der Waals surface area contributed by atoms with E-state index < -0.39 is 0 Å². The van der Waals surface area contributed by atoms with Crippen LogP contribution in [0, 0.1) is 13.8 Å². The molecule has 0 amide bonds. The molecule has 0 aliphatic heterocycles. The summed E-state index contributed by atoms with van der Waals surface area (Å²) in [6.45, 7) is 4.36. The fraction of sp³-hybridized carbons (Fsp3) is 0.227. The highest BCUT2D eigenvalue weighted by Gasteiger charge is 2.11. The van der Waals surface area contributed by atoms with Crippen molar-refractivity contribution in [1.82, 2.24) is 19.7 Å². The Morgan fingerprint density at radius 3 is 2.72 bits per heavy atom. The monoisotopic (exact) mass is 406 g/mol. The number of nitrogens with one attached hydrogen (secondary N) is 1. The third-order valence-corrected chi connectivity index (χ3v) is 5.75. The van der Waals surface area contributed by atoms with Crippen molar-refractivity contribution in [2.24, 2.45) is 7.05 Å². The van der Waals surface area contributed by atoms with Crippen molar-refractivity contribution in [3.63, 3.8) is 0 Å². The van der Waals surface area contributed by atoms with Crippen LogP contribution in [0.2, 0.25) is 0 Å². The van der Waals surface area contributed by atoms with E-state index in [1.165, 1.54) is 11.8 Å². The Morgan fingerprint density at radius 1 is 1.07 bits per heavy atom. The molecule has 4 aromatic rings. The van der Waals surface area contributed by atoms with Crippen molar-refractivity contribution < 1.29 is 4.74 Å². The Labute approximate surface area is 172 Å². The topological polar surface area (TPSA) is 72.8 Å². The van der Waals surface area contributed by atoms with E-state index in [1.54, 1.807) is 6.07 Å². The van der Waals surface area contributed by atoms with E-state index in [2.05, 4.69) is 15.2 Å². The van der Waals surface area contributed by atoms with Crippen molar-refractivity contribution in [2.75, 3.05) is 0 Å². The van der Waals surface area contributed by atoms with Gasteiger partial charge in [0.2, 0.25) is 0 Å². The van der Waals surface area contributed by atoms with Gasteiger partial charge in [-0.25, -0.2) is 0 Å². The van der Waals surface area contributed by atoms with Gasteiger partial charge in [0.15, 0.2) is 16.4 Å². The molecule has 2 aromatic heterocycles. The minimum Gasteiger partial charge on any atom is -0.486 e. The van der Waals surface area contributed by atoms with Gasteiger partial charge in [-0.2, -0.15) is 0 Å². The molecular weight excluding hydrogens is 384 g/mol. The van der Waals surface area contributed by atoms with Crippen LogP contribution in [0.3, 0.4) is 0 Å². The predicted octanol–water partition coefficient (Wildman–Crippen LogP) is 4.14. The van der Waals surface area contributed by atoms with Crippen LogP contribution in [-0.2, 0) is 19.4 Å². The molecule has 0 saturated heterocycles. The maximum Gasteiger partial charge on any atom is 0.191 e. The number of hydrogen-bond acceptors (Lipinski definition) is 5. The zero-order chi connectivity index (χ0) is 20.4. The molecule has 148 valence electrons. The molecule has 1 N–H and O–H groups in total. The fourth-order valence-electron chi connectivity index (χ4n) is 3.09. The predicted molar refractivity (Wildman–Crippen MR) is 115 cm³/mol. The zero-order valence-corrected chi connectivity index (χ0v) is 17.4. The van der Waals surface area contributed by atoms with Gasteiger partial charge in [0.1, 0.15) is 12.4 Å². The summed E-state index contributed by atoms with van der Waals surface area (Å²) in [6, 6.07) is 15.4. The van der Waals surface area contributed by atoms with E-state index in [0.717, 1.165) is 39.1 Å². The normalized spacial score (nSPS) is 11.1. The Bertz CT molecular complexity index is 1230. The number of fused-ring (bicyclic) bond motifs is 1. The van der Waals surface area contributed by atoms with E-state index in [-0.39, 0.29) is 5.43 Å². The summed E-state index contributed by atoms with van der Waals surface area (Å²) in [5.74, 6) is 2.16. The molecule has 7 heteroatoms. The summed E-state index contributed by atoms with van der Waals surface area (Å²) >= 11 is 1.53. The smallest absolute Gasteiger partial charge is 0.191 e. The first kappa shape index (κ1) is 19.3. The second kappa shape index (κ2) is 8.13. The van der Waals surface area contributed by atoms with Gasteiger partial charge < -0.3 is 14.3 Å². The highest BCUT2D eigenvalue weighted by atomic mass is 32.2. The van der Waals surface area contributed by atoms with Gasteiger partial charge in [-0.05, 0) is 43.7 Å². The highest BCUT2D eigenvalue weighted by molar-refractivity contribution is 7.98. The summed E-state index contributed by atoms with van der Waals surface area (Å²) in [5.41, 5.74) is 3.96. The first-order valence-corrected chi connectivity index (χ1v) is 10.3. The number of rotatable bonds is 6. The summed E-state index contributed by atoms with van der Waals surface area (Å²) in [6.07, 6.45) is 0. The third-order valence-electron chi connectivity index (χ3n) is 4.68. The molecule has 0 bridgehead atoms. The zero-order valence-electron chi connectivity index (χ0n) is 16.6. The largest absolute Gasteiger partial charge is 0.486 e. The first-order chi connectivity index (χ1) is 14.0. The number of ether oxygens (including phenoxy) is 1. The number of hydrogen-bond donors (Lipinski definition) is 1. The lowest BCUT2D eigenvalue weighted by Crippen LogP contribution is -2.06. The van der Waals surface area contributed by atoms with Gasteiger partial charge in [-0.15, -0.1) is 10.2 Å². The second-order valence-corrected chi connectivity index (χ2v) is 8.00. The van der Waals surface area contributed by atoms with Gasteiger partial charge in [0.25, 0.3) is 0 Å². The van der Waals surface area contributed by atoms with Crippen LogP contribution < -0.4 is 10.2 Å². The van der Waals surface area contributed by atoms with E-state index in [4.69, 9.17) is 4.74 Å². The summed E-state index contributed by atoms with van der Waals surface area (Å²) < 4.78 is 7.74. The summed E-state index contributed by atoms with van der Waals surface area (Å²) in [4.78, 5) is 15.7. The summed E-state index contributed by atoms with van der Waals surface area (Å²) in [5, 5.41) is 9.99. The van der Waals surface area contributed by atoms with E-state index in [9.17, 15) is 4.79 Å². The van der Waals surface area contributed by atoms with Crippen LogP contribution in [0.1, 0.15) is 22.6 Å². The number of aromatic amines is 1. The van der Waals surface area contributed by atoms with Crippen molar-refractivity contribution in [3.05, 3.63) is 81.4 Å². The van der Waals surface area contributed by atoms with Gasteiger partial charge in [-0.3, -0.25) is 4.79 Å². The molecule has 2 heterocycles. The Hall–Kier alpha value is -3.06. The molecular formula is C22H22N4O2S. The van der Waals surface area contributed by atoms with Crippen LogP contribution in [0.5, 0.6) is 5.75 Å². The van der Waals surface area contributed by atoms with Crippen LogP contribution >= 0.6 is 11.8 Å². The average molecular weight is 407 g/mol. The molecule has 0 saturated carbocycles. The summed E-state index contributed by atoms with van der Waals surface area (Å²) in [7, 11) is 1.92. The van der Waals surface area contributed by atoms with E-state index in [1.807, 2.05) is 67.9 Å². The molecule has 29 heavy (non-hydrogen) atoms. The minimum absolute atomic E-state index is 0.0308. The van der Waals surface area contributed by atoms with E-state index in [0.29, 0.717) is 17.7 Å². The Kier molecular flexibility index (Phi) is 5.40.